The molecule has 0 atom stereocenters. The van der Waals surface area contributed by atoms with Gasteiger partial charge in [0.05, 0.1) is 5.52 Å². The van der Waals surface area contributed by atoms with E-state index >= 15 is 0 Å². The van der Waals surface area contributed by atoms with Crippen LogP contribution in [0.25, 0.3) is 49.3 Å². The van der Waals surface area contributed by atoms with Crippen LogP contribution in [-0.4, -0.2) is 11.1 Å². The highest BCUT2D eigenvalue weighted by atomic mass is 15.1. The van der Waals surface area contributed by atoms with Gasteiger partial charge in [-0.15, -0.1) is 0 Å². The Labute approximate surface area is 379 Å². The lowest BCUT2D eigenvalue weighted by molar-refractivity contribution is 0.741. The number of hydrogen-bond acceptors (Lipinski definition) is 3. The highest BCUT2D eigenvalue weighted by Crippen LogP contribution is 2.39. The molecule has 1 aromatic heterocycles. The van der Waals surface area contributed by atoms with E-state index in [4.69, 9.17) is 11.5 Å². The summed E-state index contributed by atoms with van der Waals surface area (Å²) in [5.41, 5.74) is 28.2. The maximum atomic E-state index is 6.52. The maximum Gasteiger partial charge on any atom is 0.0537 e. The van der Waals surface area contributed by atoms with Crippen molar-refractivity contribution in [2.45, 2.75) is 59.3 Å². The minimum absolute atomic E-state index is 0.823. The highest BCUT2D eigenvalue weighted by Gasteiger charge is 2.21. The number of nitrogen functional groups attached to an aromatic ring is 2. The molecule has 1 aliphatic carbocycles. The van der Waals surface area contributed by atoms with Crippen molar-refractivity contribution in [2.24, 2.45) is 0 Å². The molecule has 0 saturated carbocycles. The van der Waals surface area contributed by atoms with Crippen LogP contribution in [-0.2, 0) is 12.8 Å². The van der Waals surface area contributed by atoms with E-state index in [0.29, 0.717) is 0 Å². The topological polar surface area (TPSA) is 60.2 Å². The SMILES string of the molecule is C=C1CCCCN(c2ccccc2)c2ccccc21.CC.CC1=CCCc2c1c1ccccc1n2-c1ccc(Cc2ccc3ccccc3c2N)cc1.Nc1ccc2ccccc2c1. The van der Waals surface area contributed by atoms with Crippen LogP contribution in [0, 0.1) is 0 Å². The standard InChI is InChI=1S/C30H26N2.C18H19N.C10H9N.C2H6/c1-20-7-6-12-28-29(20)26-10-4-5-11-27(26)32(28)24-17-13-21(14-18-24)19-23-16-15-22-8-2-3-9-25(22)30(23)31;1-15-9-7-8-14-19(16-10-3-2-4-11-16)18-13-6-5-12-17(15)18;11-10-6-5-8-3-1-2-4-9(8)7-10;1-2/h2-5,7-11,13-18H,6,12,19,31H2,1H3;2-6,10-13H,1,7-9,14H2;1-7H,11H2;1-2H3. The van der Waals surface area contributed by atoms with Crippen molar-refractivity contribution in [3.05, 3.63) is 223 Å². The molecule has 2 heterocycles. The maximum absolute atomic E-state index is 6.52. The zero-order chi connectivity index (χ0) is 44.4. The quantitative estimate of drug-likeness (QED) is 0.174. The third kappa shape index (κ3) is 9.38. The number of nitrogens with zero attached hydrogens (tertiary/aromatic N) is 2. The molecule has 0 radical (unpaired) electrons. The van der Waals surface area contributed by atoms with E-state index in [-0.39, 0.29) is 0 Å². The second kappa shape index (κ2) is 20.3. The molecule has 8 aromatic carbocycles. The Hall–Kier alpha value is -7.30. The van der Waals surface area contributed by atoms with E-state index in [0.717, 1.165) is 49.0 Å². The molecular weight excluding hydrogens is 777 g/mol. The van der Waals surface area contributed by atoms with Gasteiger partial charge in [-0.25, -0.2) is 0 Å². The van der Waals surface area contributed by atoms with E-state index < -0.39 is 0 Å². The predicted molar refractivity (Wildman–Crippen MR) is 279 cm³/mol. The van der Waals surface area contributed by atoms with Crippen molar-refractivity contribution in [1.82, 2.24) is 4.57 Å². The van der Waals surface area contributed by atoms with Crippen LogP contribution in [0.15, 0.2) is 195 Å². The first-order chi connectivity index (χ1) is 31.4. The zero-order valence-electron chi connectivity index (χ0n) is 37.6. The fraction of sp³-hybridized carbons (Fsp3) is 0.167. The molecule has 0 saturated heterocycles. The number of benzene rings is 8. The second-order valence-electron chi connectivity index (χ2n) is 16.5. The van der Waals surface area contributed by atoms with Crippen molar-refractivity contribution in [2.75, 3.05) is 22.9 Å². The van der Waals surface area contributed by atoms with Crippen LogP contribution >= 0.6 is 0 Å². The Morgan fingerprint density at radius 2 is 1.23 bits per heavy atom. The van der Waals surface area contributed by atoms with Crippen molar-refractivity contribution in [1.29, 1.82) is 0 Å². The number of hydrogen-bond donors (Lipinski definition) is 2. The summed E-state index contributed by atoms with van der Waals surface area (Å²) in [5.74, 6) is 0. The Morgan fingerprint density at radius 1 is 0.578 bits per heavy atom. The van der Waals surface area contributed by atoms with Crippen molar-refractivity contribution in [3.8, 4) is 5.69 Å². The van der Waals surface area contributed by atoms with Gasteiger partial charge in [0, 0.05) is 62.6 Å². The van der Waals surface area contributed by atoms with Crippen LogP contribution in [0.2, 0.25) is 0 Å². The van der Waals surface area contributed by atoms with Gasteiger partial charge < -0.3 is 20.9 Å². The molecule has 0 bridgehead atoms. The van der Waals surface area contributed by atoms with Crippen LogP contribution in [0.3, 0.4) is 0 Å². The van der Waals surface area contributed by atoms with E-state index in [1.807, 2.05) is 44.2 Å². The zero-order valence-corrected chi connectivity index (χ0v) is 37.6. The first kappa shape index (κ1) is 43.4. The molecule has 4 heteroatoms. The minimum atomic E-state index is 0.823. The Morgan fingerprint density at radius 3 is 2.03 bits per heavy atom. The van der Waals surface area contributed by atoms with Crippen molar-refractivity contribution >= 4 is 66.3 Å². The highest BCUT2D eigenvalue weighted by molar-refractivity contribution is 5.97. The van der Waals surface area contributed by atoms with Gasteiger partial charge in [0.2, 0.25) is 0 Å². The molecule has 0 spiro atoms. The first-order valence-corrected chi connectivity index (χ1v) is 22.9. The number of fused-ring (bicyclic) bond motifs is 6. The summed E-state index contributed by atoms with van der Waals surface area (Å²) in [4.78, 5) is 2.42. The Bertz CT molecular complexity index is 3040. The van der Waals surface area contributed by atoms with Crippen molar-refractivity contribution < 1.29 is 0 Å². The largest absolute Gasteiger partial charge is 0.399 e. The fourth-order valence-electron chi connectivity index (χ4n) is 9.22. The molecule has 0 fully saturated rings. The molecule has 11 rings (SSSR count). The van der Waals surface area contributed by atoms with Crippen molar-refractivity contribution in [3.63, 3.8) is 0 Å². The Kier molecular flexibility index (Phi) is 13.7. The van der Waals surface area contributed by atoms with E-state index in [2.05, 4.69) is 181 Å². The summed E-state index contributed by atoms with van der Waals surface area (Å²) >= 11 is 0. The second-order valence-corrected chi connectivity index (χ2v) is 16.5. The normalized spacial score (nSPS) is 13.1. The Balaban J connectivity index is 0.000000147. The van der Waals surface area contributed by atoms with Gasteiger partial charge in [-0.3, -0.25) is 0 Å². The average Bonchev–Trinajstić information content (AvgIpc) is 3.69. The number of para-hydroxylation sites is 3. The van der Waals surface area contributed by atoms with E-state index in [9.17, 15) is 0 Å². The smallest absolute Gasteiger partial charge is 0.0537 e. The number of rotatable bonds is 4. The summed E-state index contributed by atoms with van der Waals surface area (Å²) in [6, 6.07) is 63.8. The van der Waals surface area contributed by atoms with Crippen LogP contribution in [0.4, 0.5) is 22.7 Å². The first-order valence-electron chi connectivity index (χ1n) is 22.9. The van der Waals surface area contributed by atoms with Crippen LogP contribution < -0.4 is 16.4 Å². The molecule has 4 N–H and O–H groups in total. The predicted octanol–water partition coefficient (Wildman–Crippen LogP) is 15.8. The third-order valence-corrected chi connectivity index (χ3v) is 12.4. The van der Waals surface area contributed by atoms with Gasteiger partial charge in [0.1, 0.15) is 0 Å². The number of allylic oxidation sites excluding steroid dienone is 3. The summed E-state index contributed by atoms with van der Waals surface area (Å²) in [6.07, 6.45) is 8.93. The van der Waals surface area contributed by atoms with Gasteiger partial charge in [-0.1, -0.05) is 160 Å². The van der Waals surface area contributed by atoms with Crippen LogP contribution in [0.1, 0.15) is 74.4 Å². The van der Waals surface area contributed by atoms with E-state index in [1.54, 1.807) is 0 Å². The molecule has 320 valence electrons. The lowest BCUT2D eigenvalue weighted by Crippen LogP contribution is -2.21. The van der Waals surface area contributed by atoms with Crippen LogP contribution in [0.5, 0.6) is 0 Å². The minimum Gasteiger partial charge on any atom is -0.399 e. The molecule has 0 amide bonds. The van der Waals surface area contributed by atoms with Gasteiger partial charge >= 0.3 is 0 Å². The summed E-state index contributed by atoms with van der Waals surface area (Å²) < 4.78 is 2.45. The monoisotopic (exact) mass is 836 g/mol. The van der Waals surface area contributed by atoms with Gasteiger partial charge in [0.25, 0.3) is 0 Å². The van der Waals surface area contributed by atoms with Gasteiger partial charge in [0.15, 0.2) is 0 Å². The van der Waals surface area contributed by atoms with E-state index in [1.165, 1.54) is 96.1 Å². The number of nitrogens with two attached hydrogens (primary N) is 2. The molecular formula is C60H60N4. The lowest BCUT2D eigenvalue weighted by atomic mass is 9.95. The average molecular weight is 837 g/mol. The molecule has 9 aromatic rings. The third-order valence-electron chi connectivity index (χ3n) is 12.4. The van der Waals surface area contributed by atoms with Gasteiger partial charge in [-0.2, -0.15) is 0 Å². The number of aromatic nitrogens is 1. The summed E-state index contributed by atoms with van der Waals surface area (Å²) in [7, 11) is 0. The molecule has 64 heavy (non-hydrogen) atoms. The molecule has 2 aliphatic rings. The molecule has 0 unspecified atom stereocenters. The summed E-state index contributed by atoms with van der Waals surface area (Å²) in [5, 5.41) is 6.12. The van der Waals surface area contributed by atoms with Gasteiger partial charge in [-0.05, 0) is 132 Å². The lowest BCUT2D eigenvalue weighted by Gasteiger charge is -2.30. The number of anilines is 4. The molecule has 4 nitrogen and oxygen atoms in total. The fourth-order valence-corrected chi connectivity index (χ4v) is 9.22. The molecule has 1 aliphatic heterocycles. The summed E-state index contributed by atoms with van der Waals surface area (Å²) in [6.45, 7) is 11.6.